The van der Waals surface area contributed by atoms with Gasteiger partial charge in [-0.1, -0.05) is 20.3 Å². The van der Waals surface area contributed by atoms with E-state index in [1.165, 1.54) is 17.9 Å². The Morgan fingerprint density at radius 2 is 2.15 bits per heavy atom. The van der Waals surface area contributed by atoms with Gasteiger partial charge in [-0.3, -0.25) is 0 Å². The first-order valence-corrected chi connectivity index (χ1v) is 6.24. The van der Waals surface area contributed by atoms with Gasteiger partial charge >= 0.3 is 0 Å². The summed E-state index contributed by atoms with van der Waals surface area (Å²) in [6.45, 7) is 7.45. The van der Waals surface area contributed by atoms with Gasteiger partial charge in [0.15, 0.2) is 0 Å². The average molecular weight is 205 g/mol. The molecule has 0 saturated heterocycles. The molecule has 3 heteroatoms. The van der Waals surface area contributed by atoms with Crippen molar-refractivity contribution in [2.45, 2.75) is 20.3 Å². The smallest absolute Gasteiger partial charge is 0.0587 e. The second-order valence-corrected chi connectivity index (χ2v) is 4.48. The van der Waals surface area contributed by atoms with Gasteiger partial charge in [0, 0.05) is 26.0 Å². The summed E-state index contributed by atoms with van der Waals surface area (Å²) in [5.41, 5.74) is 0. The lowest BCUT2D eigenvalue weighted by molar-refractivity contribution is 0.200. The molecule has 1 atom stereocenters. The van der Waals surface area contributed by atoms with Gasteiger partial charge in [-0.15, -0.1) is 0 Å². The third kappa shape index (κ3) is 10.2. The molecule has 0 aliphatic rings. The highest BCUT2D eigenvalue weighted by molar-refractivity contribution is 7.99. The Balaban J connectivity index is 2.91. The number of ether oxygens (including phenoxy) is 1. The lowest BCUT2D eigenvalue weighted by Crippen LogP contribution is -2.21. The number of hydrogen-bond acceptors (Lipinski definition) is 3. The van der Waals surface area contributed by atoms with Crippen molar-refractivity contribution in [1.82, 2.24) is 5.32 Å². The third-order valence-corrected chi connectivity index (χ3v) is 3.30. The molecule has 1 unspecified atom stereocenters. The van der Waals surface area contributed by atoms with Gasteiger partial charge in [0.1, 0.15) is 0 Å². The molecule has 0 aliphatic heterocycles. The summed E-state index contributed by atoms with van der Waals surface area (Å²) in [7, 11) is 1.74. The maximum atomic E-state index is 4.93. The molecule has 0 fully saturated rings. The van der Waals surface area contributed by atoms with Crippen LogP contribution in [0.1, 0.15) is 20.3 Å². The molecule has 0 aromatic rings. The van der Waals surface area contributed by atoms with E-state index in [0.717, 1.165) is 25.6 Å². The number of rotatable bonds is 9. The fourth-order valence-electron chi connectivity index (χ4n) is 0.846. The lowest BCUT2D eigenvalue weighted by atomic mass is 10.2. The van der Waals surface area contributed by atoms with Crippen LogP contribution >= 0.6 is 11.8 Å². The van der Waals surface area contributed by atoms with E-state index >= 15 is 0 Å². The zero-order valence-corrected chi connectivity index (χ0v) is 9.95. The molecular formula is C10H23NOS. The minimum Gasteiger partial charge on any atom is -0.383 e. The Morgan fingerprint density at radius 3 is 2.77 bits per heavy atom. The highest BCUT2D eigenvalue weighted by Gasteiger charge is 1.97. The zero-order chi connectivity index (χ0) is 9.94. The van der Waals surface area contributed by atoms with Crippen molar-refractivity contribution in [1.29, 1.82) is 0 Å². The number of nitrogens with one attached hydrogen (secondary N) is 1. The van der Waals surface area contributed by atoms with Crippen molar-refractivity contribution >= 4 is 11.8 Å². The van der Waals surface area contributed by atoms with Crippen LogP contribution in [0.2, 0.25) is 0 Å². The largest absolute Gasteiger partial charge is 0.383 e. The topological polar surface area (TPSA) is 21.3 Å². The van der Waals surface area contributed by atoms with Gasteiger partial charge in [-0.05, 0) is 11.7 Å². The zero-order valence-electron chi connectivity index (χ0n) is 9.14. The van der Waals surface area contributed by atoms with Crippen LogP contribution < -0.4 is 5.32 Å². The third-order valence-electron chi connectivity index (χ3n) is 2.01. The molecule has 0 heterocycles. The van der Waals surface area contributed by atoms with E-state index in [2.05, 4.69) is 19.2 Å². The van der Waals surface area contributed by atoms with E-state index in [0.29, 0.717) is 0 Å². The molecule has 13 heavy (non-hydrogen) atoms. The van der Waals surface area contributed by atoms with Gasteiger partial charge in [0.05, 0.1) is 6.61 Å². The molecule has 0 aromatic heterocycles. The minimum absolute atomic E-state index is 0.816. The van der Waals surface area contributed by atoms with Crippen LogP contribution in [-0.4, -0.2) is 38.3 Å². The predicted molar refractivity (Wildman–Crippen MR) is 61.5 cm³/mol. The SMILES string of the molecule is CCC(C)CSCCNCCOC. The van der Waals surface area contributed by atoms with Gasteiger partial charge < -0.3 is 10.1 Å². The average Bonchev–Trinajstić information content (AvgIpc) is 2.16. The Kier molecular flexibility index (Phi) is 10.6. The highest BCUT2D eigenvalue weighted by atomic mass is 32.2. The van der Waals surface area contributed by atoms with Gasteiger partial charge in [0.25, 0.3) is 0 Å². The van der Waals surface area contributed by atoms with Crippen molar-refractivity contribution in [3.8, 4) is 0 Å². The number of methoxy groups -OCH3 is 1. The maximum Gasteiger partial charge on any atom is 0.0587 e. The Bertz CT molecular complexity index is 101. The summed E-state index contributed by atoms with van der Waals surface area (Å²) >= 11 is 2.04. The molecule has 1 N–H and O–H groups in total. The van der Waals surface area contributed by atoms with E-state index in [1.54, 1.807) is 7.11 Å². The summed E-state index contributed by atoms with van der Waals surface area (Å²) in [5, 5.41) is 3.33. The van der Waals surface area contributed by atoms with Crippen LogP contribution in [0.4, 0.5) is 0 Å². The Hall–Kier alpha value is 0.270. The van der Waals surface area contributed by atoms with Gasteiger partial charge in [-0.2, -0.15) is 11.8 Å². The van der Waals surface area contributed by atoms with E-state index in [-0.39, 0.29) is 0 Å². The molecule has 0 radical (unpaired) electrons. The minimum atomic E-state index is 0.816. The van der Waals surface area contributed by atoms with Crippen LogP contribution in [-0.2, 0) is 4.74 Å². The first-order chi connectivity index (χ1) is 6.31. The van der Waals surface area contributed by atoms with Crippen LogP contribution in [0.25, 0.3) is 0 Å². The van der Waals surface area contributed by atoms with Crippen molar-refractivity contribution < 1.29 is 4.74 Å². The molecule has 0 aliphatic carbocycles. The summed E-state index contributed by atoms with van der Waals surface area (Å²) in [5.74, 6) is 3.38. The monoisotopic (exact) mass is 205 g/mol. The number of thioether (sulfide) groups is 1. The second-order valence-electron chi connectivity index (χ2n) is 3.33. The first-order valence-electron chi connectivity index (χ1n) is 5.08. The molecule has 0 bridgehead atoms. The van der Waals surface area contributed by atoms with Crippen LogP contribution in [0.3, 0.4) is 0 Å². The fourth-order valence-corrected chi connectivity index (χ4v) is 1.94. The Labute approximate surface area is 86.8 Å². The summed E-state index contributed by atoms with van der Waals surface area (Å²) in [6.07, 6.45) is 1.30. The maximum absolute atomic E-state index is 4.93. The number of hydrogen-bond donors (Lipinski definition) is 1. The van der Waals surface area contributed by atoms with Crippen LogP contribution in [0.15, 0.2) is 0 Å². The molecule has 2 nitrogen and oxygen atoms in total. The molecule has 0 aromatic carbocycles. The van der Waals surface area contributed by atoms with Gasteiger partial charge in [-0.25, -0.2) is 0 Å². The Morgan fingerprint density at radius 1 is 1.38 bits per heavy atom. The predicted octanol–water partition coefficient (Wildman–Crippen LogP) is 2.00. The summed E-state index contributed by atoms with van der Waals surface area (Å²) in [4.78, 5) is 0. The fraction of sp³-hybridized carbons (Fsp3) is 1.00. The van der Waals surface area contributed by atoms with Crippen molar-refractivity contribution in [2.75, 3.05) is 38.3 Å². The van der Waals surface area contributed by atoms with Crippen molar-refractivity contribution in [2.24, 2.45) is 5.92 Å². The first kappa shape index (κ1) is 13.3. The highest BCUT2D eigenvalue weighted by Crippen LogP contribution is 2.09. The van der Waals surface area contributed by atoms with Crippen LogP contribution in [0, 0.1) is 5.92 Å². The second kappa shape index (κ2) is 10.4. The van der Waals surface area contributed by atoms with E-state index in [4.69, 9.17) is 4.74 Å². The molecular weight excluding hydrogens is 182 g/mol. The molecule has 0 spiro atoms. The lowest BCUT2D eigenvalue weighted by Gasteiger charge is -2.07. The van der Waals surface area contributed by atoms with Crippen LogP contribution in [0.5, 0.6) is 0 Å². The molecule has 0 saturated carbocycles. The summed E-state index contributed by atoms with van der Waals surface area (Å²) in [6, 6.07) is 0. The van der Waals surface area contributed by atoms with E-state index < -0.39 is 0 Å². The van der Waals surface area contributed by atoms with Crippen molar-refractivity contribution in [3.63, 3.8) is 0 Å². The molecule has 80 valence electrons. The molecule has 0 amide bonds. The van der Waals surface area contributed by atoms with E-state index in [1.807, 2.05) is 11.8 Å². The summed E-state index contributed by atoms with van der Waals surface area (Å²) < 4.78 is 4.93. The molecule has 0 rings (SSSR count). The quantitative estimate of drug-likeness (QED) is 0.582. The van der Waals surface area contributed by atoms with Gasteiger partial charge in [0.2, 0.25) is 0 Å². The standard InChI is InChI=1S/C10H23NOS/c1-4-10(2)9-13-8-6-11-5-7-12-3/h10-11H,4-9H2,1-3H3. The van der Waals surface area contributed by atoms with E-state index in [9.17, 15) is 0 Å². The van der Waals surface area contributed by atoms with Crippen molar-refractivity contribution in [3.05, 3.63) is 0 Å². The normalized spacial score (nSPS) is 13.2.